The van der Waals surface area contributed by atoms with Gasteiger partial charge in [0.2, 0.25) is 5.88 Å². The number of ether oxygens (including phenoxy) is 2. The van der Waals surface area contributed by atoms with E-state index in [1.165, 1.54) is 0 Å². The lowest BCUT2D eigenvalue weighted by Gasteiger charge is -1.94. The summed E-state index contributed by atoms with van der Waals surface area (Å²) in [5, 5.41) is 0. The number of hydrogen-bond donors (Lipinski definition) is 0. The average molecular weight is 141 g/mol. The third-order valence-electron chi connectivity index (χ3n) is 0.892. The van der Waals surface area contributed by atoms with Crippen molar-refractivity contribution in [3.63, 3.8) is 0 Å². The van der Waals surface area contributed by atoms with E-state index in [1.807, 2.05) is 0 Å². The maximum absolute atomic E-state index is 10.6. The molecule has 0 N–H and O–H groups in total. The van der Waals surface area contributed by atoms with Gasteiger partial charge >= 0.3 is 11.9 Å². The van der Waals surface area contributed by atoms with E-state index in [0.29, 0.717) is 6.61 Å². The topological polar surface area (TPSA) is 47.9 Å². The Morgan fingerprint density at radius 3 is 2.90 bits per heavy atom. The second-order valence-electron chi connectivity index (χ2n) is 1.63. The summed E-state index contributed by atoms with van der Waals surface area (Å²) < 4.78 is 9.26. The molecule has 0 saturated carbocycles. The van der Waals surface area contributed by atoms with Crippen LogP contribution in [-0.2, 0) is 14.3 Å². The zero-order valence-electron chi connectivity index (χ0n) is 5.59. The van der Waals surface area contributed by atoms with Gasteiger partial charge in [0.15, 0.2) is 0 Å². The molecule has 0 aromatic rings. The monoisotopic (exact) mass is 141 g/mol. The van der Waals surface area contributed by atoms with Crippen LogP contribution in [0.5, 0.6) is 0 Å². The summed E-state index contributed by atoms with van der Waals surface area (Å²) in [7, 11) is 0. The minimum atomic E-state index is -0.563. The van der Waals surface area contributed by atoms with Gasteiger partial charge in [-0.2, -0.15) is 4.99 Å². The summed E-state index contributed by atoms with van der Waals surface area (Å²) in [5.41, 5.74) is 0. The van der Waals surface area contributed by atoms with E-state index in [-0.39, 0.29) is 11.8 Å². The maximum atomic E-state index is 10.6. The van der Waals surface area contributed by atoms with Crippen LogP contribution in [0.2, 0.25) is 0 Å². The standard InChI is InChI=1S/C6H7NO3/c1-3-9-5-6(8)10-4(2)7-5/h2-3H2,1H3. The van der Waals surface area contributed by atoms with Crippen molar-refractivity contribution in [1.82, 2.24) is 0 Å². The minimum absolute atomic E-state index is 0.00694. The van der Waals surface area contributed by atoms with Gasteiger partial charge < -0.3 is 9.47 Å². The highest BCUT2D eigenvalue weighted by molar-refractivity contribution is 6.34. The lowest BCUT2D eigenvalue weighted by atomic mass is 10.7. The highest BCUT2D eigenvalue weighted by atomic mass is 16.6. The zero-order chi connectivity index (χ0) is 7.56. The fourth-order valence-corrected chi connectivity index (χ4v) is 0.560. The molecule has 1 aliphatic heterocycles. The Morgan fingerprint density at radius 2 is 2.50 bits per heavy atom. The Bertz CT molecular complexity index is 207. The third kappa shape index (κ3) is 1.15. The summed E-state index contributed by atoms with van der Waals surface area (Å²) in [6, 6.07) is 0. The second-order valence-corrected chi connectivity index (χ2v) is 1.63. The van der Waals surface area contributed by atoms with Gasteiger partial charge in [-0.1, -0.05) is 0 Å². The normalized spacial score (nSPS) is 16.7. The number of cyclic esters (lactones) is 1. The molecule has 0 aliphatic carbocycles. The summed E-state index contributed by atoms with van der Waals surface area (Å²) in [6.07, 6.45) is 0. The van der Waals surface area contributed by atoms with E-state index in [0.717, 1.165) is 0 Å². The number of hydrogen-bond acceptors (Lipinski definition) is 4. The van der Waals surface area contributed by atoms with Crippen molar-refractivity contribution in [2.45, 2.75) is 6.92 Å². The summed E-state index contributed by atoms with van der Waals surface area (Å²) in [4.78, 5) is 14.2. The van der Waals surface area contributed by atoms with E-state index in [9.17, 15) is 4.79 Å². The van der Waals surface area contributed by atoms with Crippen molar-refractivity contribution in [3.8, 4) is 0 Å². The first-order chi connectivity index (χ1) is 4.74. The SMILES string of the molecule is C=C1N=C(OCC)C(=O)O1. The highest BCUT2D eigenvalue weighted by Crippen LogP contribution is 2.07. The molecule has 54 valence electrons. The molecule has 0 fully saturated rings. The molecule has 1 aliphatic rings. The van der Waals surface area contributed by atoms with E-state index in [4.69, 9.17) is 4.74 Å². The Morgan fingerprint density at radius 1 is 1.80 bits per heavy atom. The van der Waals surface area contributed by atoms with Crippen LogP contribution in [0.3, 0.4) is 0 Å². The van der Waals surface area contributed by atoms with E-state index >= 15 is 0 Å². The Balaban J connectivity index is 2.65. The molecule has 0 radical (unpaired) electrons. The Labute approximate surface area is 58.2 Å². The van der Waals surface area contributed by atoms with Gasteiger partial charge in [-0.15, -0.1) is 0 Å². The van der Waals surface area contributed by atoms with Gasteiger partial charge in [0.05, 0.1) is 6.61 Å². The third-order valence-corrected chi connectivity index (χ3v) is 0.892. The van der Waals surface area contributed by atoms with Gasteiger partial charge in [-0.05, 0) is 13.5 Å². The smallest absolute Gasteiger partial charge is 0.401 e. The first-order valence-corrected chi connectivity index (χ1v) is 2.86. The average Bonchev–Trinajstić information content (AvgIpc) is 2.13. The van der Waals surface area contributed by atoms with Crippen molar-refractivity contribution in [1.29, 1.82) is 0 Å². The minimum Gasteiger partial charge on any atom is -0.473 e. The van der Waals surface area contributed by atoms with Crippen LogP contribution in [0.1, 0.15) is 6.92 Å². The molecule has 4 heteroatoms. The first-order valence-electron chi connectivity index (χ1n) is 2.86. The predicted molar refractivity (Wildman–Crippen MR) is 34.3 cm³/mol. The lowest BCUT2D eigenvalue weighted by molar-refractivity contribution is -0.131. The number of esters is 1. The lowest BCUT2D eigenvalue weighted by Crippen LogP contribution is -2.13. The van der Waals surface area contributed by atoms with Crippen molar-refractivity contribution in [3.05, 3.63) is 12.5 Å². The zero-order valence-corrected chi connectivity index (χ0v) is 5.59. The van der Waals surface area contributed by atoms with Crippen LogP contribution >= 0.6 is 0 Å². The molecular weight excluding hydrogens is 134 g/mol. The van der Waals surface area contributed by atoms with Crippen molar-refractivity contribution in [2.24, 2.45) is 4.99 Å². The van der Waals surface area contributed by atoms with Gasteiger partial charge in [0, 0.05) is 0 Å². The van der Waals surface area contributed by atoms with Gasteiger partial charge in [0.1, 0.15) is 0 Å². The van der Waals surface area contributed by atoms with E-state index in [2.05, 4.69) is 16.3 Å². The maximum Gasteiger partial charge on any atom is 0.401 e. The van der Waals surface area contributed by atoms with Crippen LogP contribution in [0.25, 0.3) is 0 Å². The fraction of sp³-hybridized carbons (Fsp3) is 0.333. The van der Waals surface area contributed by atoms with E-state index in [1.54, 1.807) is 6.92 Å². The largest absolute Gasteiger partial charge is 0.473 e. The van der Waals surface area contributed by atoms with Gasteiger partial charge in [-0.3, -0.25) is 0 Å². The first kappa shape index (κ1) is 6.80. The Kier molecular flexibility index (Phi) is 1.71. The molecule has 0 unspecified atom stereocenters. The van der Waals surface area contributed by atoms with Crippen molar-refractivity contribution < 1.29 is 14.3 Å². The van der Waals surface area contributed by atoms with Crippen LogP contribution in [-0.4, -0.2) is 18.5 Å². The number of rotatable bonds is 1. The molecule has 4 nitrogen and oxygen atoms in total. The number of carbonyl (C=O) groups is 1. The van der Waals surface area contributed by atoms with Gasteiger partial charge in [-0.25, -0.2) is 4.79 Å². The molecule has 1 rings (SSSR count). The molecule has 10 heavy (non-hydrogen) atoms. The molecule has 0 aromatic heterocycles. The molecular formula is C6H7NO3. The molecule has 1 heterocycles. The van der Waals surface area contributed by atoms with Crippen LogP contribution in [0, 0.1) is 0 Å². The quantitative estimate of drug-likeness (QED) is 0.498. The number of nitrogens with zero attached hydrogens (tertiary/aromatic N) is 1. The van der Waals surface area contributed by atoms with Crippen molar-refractivity contribution >= 4 is 11.9 Å². The molecule has 0 amide bonds. The molecule has 0 bridgehead atoms. The molecule has 0 spiro atoms. The van der Waals surface area contributed by atoms with Gasteiger partial charge in [0.25, 0.3) is 0 Å². The molecule has 0 atom stereocenters. The van der Waals surface area contributed by atoms with Crippen LogP contribution in [0.15, 0.2) is 17.5 Å². The van der Waals surface area contributed by atoms with Crippen molar-refractivity contribution in [2.75, 3.05) is 6.61 Å². The summed E-state index contributed by atoms with van der Waals surface area (Å²) in [5.74, 6) is -0.479. The number of aliphatic imine (C=N–C) groups is 1. The second kappa shape index (κ2) is 2.51. The van der Waals surface area contributed by atoms with E-state index < -0.39 is 5.97 Å². The van der Waals surface area contributed by atoms with Crippen LogP contribution < -0.4 is 0 Å². The predicted octanol–water partition coefficient (Wildman–Crippen LogP) is 0.449. The van der Waals surface area contributed by atoms with Crippen LogP contribution in [0.4, 0.5) is 0 Å². The molecule has 0 saturated heterocycles. The Hall–Kier alpha value is -1.32. The summed E-state index contributed by atoms with van der Waals surface area (Å²) >= 11 is 0. The number of carbonyl (C=O) groups excluding carboxylic acids is 1. The fourth-order valence-electron chi connectivity index (χ4n) is 0.560. The summed E-state index contributed by atoms with van der Waals surface area (Å²) in [6.45, 7) is 5.49. The highest BCUT2D eigenvalue weighted by Gasteiger charge is 2.23. The molecule has 0 aromatic carbocycles.